The molecule has 3 rings (SSSR count). The summed E-state index contributed by atoms with van der Waals surface area (Å²) in [5.41, 5.74) is 2.49. The van der Waals surface area contributed by atoms with E-state index in [4.69, 9.17) is 9.47 Å². The molecule has 1 atom stereocenters. The van der Waals surface area contributed by atoms with Gasteiger partial charge in [0.05, 0.1) is 18.4 Å². The summed E-state index contributed by atoms with van der Waals surface area (Å²) in [6, 6.07) is 13.2. The van der Waals surface area contributed by atoms with Gasteiger partial charge in [-0.1, -0.05) is 30.9 Å². The van der Waals surface area contributed by atoms with Crippen LogP contribution in [0.15, 0.2) is 55.1 Å². The molecule has 5 heteroatoms. The van der Waals surface area contributed by atoms with E-state index in [0.717, 1.165) is 11.3 Å². The molecule has 1 aliphatic rings. The average Bonchev–Trinajstić information content (AvgIpc) is 2.63. The fraction of sp³-hybridized carbons (Fsp3) is 0.211. The zero-order valence-corrected chi connectivity index (χ0v) is 13.8. The summed E-state index contributed by atoms with van der Waals surface area (Å²) in [5.74, 6) is 1.18. The van der Waals surface area contributed by atoms with E-state index in [1.165, 1.54) is 0 Å². The second-order valence-corrected chi connectivity index (χ2v) is 5.51. The number of amides is 1. The summed E-state index contributed by atoms with van der Waals surface area (Å²) < 4.78 is 11.0. The van der Waals surface area contributed by atoms with Gasteiger partial charge >= 0.3 is 0 Å². The molecule has 2 aromatic carbocycles. The minimum atomic E-state index is -0.269. The lowest BCUT2D eigenvalue weighted by Crippen LogP contribution is -2.44. The zero-order chi connectivity index (χ0) is 17.1. The number of benzene rings is 2. The van der Waals surface area contributed by atoms with Crippen molar-refractivity contribution in [2.75, 3.05) is 25.7 Å². The lowest BCUT2D eigenvalue weighted by molar-refractivity contribution is 0.0928. The van der Waals surface area contributed by atoms with Crippen LogP contribution in [0.3, 0.4) is 0 Å². The van der Waals surface area contributed by atoms with Crippen LogP contribution < -0.4 is 19.7 Å². The van der Waals surface area contributed by atoms with E-state index in [2.05, 4.69) is 11.9 Å². The number of hydrogen-bond donors (Lipinski definition) is 1. The summed E-state index contributed by atoms with van der Waals surface area (Å²) >= 11 is 0. The van der Waals surface area contributed by atoms with E-state index < -0.39 is 0 Å². The van der Waals surface area contributed by atoms with Gasteiger partial charge in [0.25, 0.3) is 5.91 Å². The van der Waals surface area contributed by atoms with Crippen LogP contribution in [0.1, 0.15) is 22.1 Å². The molecular weight excluding hydrogens is 304 g/mol. The Kier molecular flexibility index (Phi) is 4.42. The van der Waals surface area contributed by atoms with Gasteiger partial charge in [0.15, 0.2) is 11.5 Å². The number of carbonyl (C=O) groups is 1. The predicted octanol–water partition coefficient (Wildman–Crippen LogP) is 3.14. The summed E-state index contributed by atoms with van der Waals surface area (Å²) in [6.07, 6.45) is 1.41. The van der Waals surface area contributed by atoms with Crippen LogP contribution in [0, 0.1) is 0 Å². The number of anilines is 1. The quantitative estimate of drug-likeness (QED) is 0.859. The van der Waals surface area contributed by atoms with Gasteiger partial charge in [0, 0.05) is 7.05 Å². The molecule has 1 N–H and O–H groups in total. The van der Waals surface area contributed by atoms with Crippen molar-refractivity contribution in [3.63, 3.8) is 0 Å². The third-order valence-corrected chi connectivity index (χ3v) is 4.04. The highest BCUT2D eigenvalue weighted by Gasteiger charge is 2.29. The first-order valence-corrected chi connectivity index (χ1v) is 7.70. The van der Waals surface area contributed by atoms with Crippen molar-refractivity contribution >= 4 is 11.6 Å². The maximum Gasteiger partial charge on any atom is 0.255 e. The van der Waals surface area contributed by atoms with E-state index in [0.29, 0.717) is 23.7 Å². The highest BCUT2D eigenvalue weighted by Crippen LogP contribution is 2.35. The molecule has 0 bridgehead atoms. The third-order valence-electron chi connectivity index (χ3n) is 4.04. The SMILES string of the molecule is C=CCOc1ccc([C@@H]2NC(=O)c3ccccc3N2C)cc1OC. The van der Waals surface area contributed by atoms with Gasteiger partial charge in [0.2, 0.25) is 0 Å². The van der Waals surface area contributed by atoms with E-state index in [1.807, 2.05) is 54.4 Å². The third kappa shape index (κ3) is 2.80. The standard InChI is InChI=1S/C19H20N2O3/c1-4-11-24-16-10-9-13(12-17(16)23-3)18-20-19(22)14-7-5-6-8-15(14)21(18)2/h4-10,12,18H,1,11H2,2-3H3,(H,20,22)/t18-/m1/s1. The average molecular weight is 324 g/mol. The summed E-state index contributed by atoms with van der Waals surface area (Å²) in [7, 11) is 3.55. The molecule has 0 saturated heterocycles. The molecule has 0 spiro atoms. The first kappa shape index (κ1) is 15.9. The van der Waals surface area contributed by atoms with Gasteiger partial charge in [-0.2, -0.15) is 0 Å². The first-order chi connectivity index (χ1) is 11.7. The normalized spacial score (nSPS) is 16.2. The number of methoxy groups -OCH3 is 1. The Labute approximate surface area is 141 Å². The van der Waals surface area contributed by atoms with Gasteiger partial charge < -0.3 is 19.7 Å². The summed E-state index contributed by atoms with van der Waals surface area (Å²) in [6.45, 7) is 4.05. The molecule has 2 aromatic rings. The Morgan fingerprint density at radius 3 is 2.79 bits per heavy atom. The van der Waals surface area contributed by atoms with Crippen LogP contribution in [0.2, 0.25) is 0 Å². The maximum atomic E-state index is 12.4. The lowest BCUT2D eigenvalue weighted by atomic mass is 10.0. The molecule has 5 nitrogen and oxygen atoms in total. The predicted molar refractivity (Wildman–Crippen MR) is 93.7 cm³/mol. The van der Waals surface area contributed by atoms with Gasteiger partial charge in [-0.3, -0.25) is 4.79 Å². The van der Waals surface area contributed by atoms with Gasteiger partial charge in [-0.05, 0) is 29.8 Å². The van der Waals surface area contributed by atoms with Gasteiger partial charge in [-0.15, -0.1) is 0 Å². The van der Waals surface area contributed by atoms with E-state index in [1.54, 1.807) is 13.2 Å². The molecule has 0 unspecified atom stereocenters. The summed E-state index contributed by atoms with van der Waals surface area (Å²) in [4.78, 5) is 14.4. The number of hydrogen-bond acceptors (Lipinski definition) is 4. The molecule has 1 heterocycles. The van der Waals surface area contributed by atoms with Crippen molar-refractivity contribution < 1.29 is 14.3 Å². The molecule has 0 radical (unpaired) electrons. The minimum Gasteiger partial charge on any atom is -0.493 e. The monoisotopic (exact) mass is 324 g/mol. The van der Waals surface area contributed by atoms with Crippen molar-refractivity contribution in [2.45, 2.75) is 6.17 Å². The fourth-order valence-corrected chi connectivity index (χ4v) is 2.84. The fourth-order valence-electron chi connectivity index (χ4n) is 2.84. The van der Waals surface area contributed by atoms with Crippen LogP contribution in [-0.2, 0) is 0 Å². The number of rotatable bonds is 5. The van der Waals surface area contributed by atoms with Gasteiger partial charge in [-0.25, -0.2) is 0 Å². The van der Waals surface area contributed by atoms with Crippen LogP contribution >= 0.6 is 0 Å². The Hall–Kier alpha value is -2.95. The van der Waals surface area contributed by atoms with Crippen molar-refractivity contribution in [2.24, 2.45) is 0 Å². The Morgan fingerprint density at radius 1 is 1.25 bits per heavy atom. The molecule has 0 aromatic heterocycles. The van der Waals surface area contributed by atoms with E-state index >= 15 is 0 Å². The number of carbonyl (C=O) groups excluding carboxylic acids is 1. The maximum absolute atomic E-state index is 12.4. The minimum absolute atomic E-state index is 0.0837. The van der Waals surface area contributed by atoms with Crippen LogP contribution in [0.25, 0.3) is 0 Å². The molecule has 24 heavy (non-hydrogen) atoms. The highest BCUT2D eigenvalue weighted by molar-refractivity contribution is 6.02. The van der Waals surface area contributed by atoms with Crippen molar-refractivity contribution in [3.05, 3.63) is 66.2 Å². The Bertz CT molecular complexity index is 773. The van der Waals surface area contributed by atoms with Gasteiger partial charge in [0.1, 0.15) is 12.8 Å². The van der Waals surface area contributed by atoms with Crippen molar-refractivity contribution in [3.8, 4) is 11.5 Å². The van der Waals surface area contributed by atoms with E-state index in [9.17, 15) is 4.79 Å². The Balaban J connectivity index is 1.95. The molecule has 1 aliphatic heterocycles. The Morgan fingerprint density at radius 2 is 2.04 bits per heavy atom. The van der Waals surface area contributed by atoms with Crippen LogP contribution in [-0.4, -0.2) is 26.7 Å². The zero-order valence-electron chi connectivity index (χ0n) is 13.8. The second kappa shape index (κ2) is 6.66. The van der Waals surface area contributed by atoms with Crippen LogP contribution in [0.5, 0.6) is 11.5 Å². The van der Waals surface area contributed by atoms with Crippen molar-refractivity contribution in [1.82, 2.24) is 5.32 Å². The number of fused-ring (bicyclic) bond motifs is 1. The van der Waals surface area contributed by atoms with Crippen LogP contribution in [0.4, 0.5) is 5.69 Å². The first-order valence-electron chi connectivity index (χ1n) is 7.70. The molecule has 1 amide bonds. The van der Waals surface area contributed by atoms with Crippen molar-refractivity contribution in [1.29, 1.82) is 0 Å². The molecular formula is C19H20N2O3. The molecule has 0 saturated carbocycles. The lowest BCUT2D eigenvalue weighted by Gasteiger charge is -2.36. The topological polar surface area (TPSA) is 50.8 Å². The molecule has 0 aliphatic carbocycles. The number of ether oxygens (including phenoxy) is 2. The van der Waals surface area contributed by atoms with E-state index in [-0.39, 0.29) is 12.1 Å². The number of para-hydroxylation sites is 1. The molecule has 124 valence electrons. The smallest absolute Gasteiger partial charge is 0.255 e. The summed E-state index contributed by atoms with van der Waals surface area (Å²) in [5, 5.41) is 3.03. The largest absolute Gasteiger partial charge is 0.493 e. The number of nitrogens with one attached hydrogen (secondary N) is 1. The number of nitrogens with zero attached hydrogens (tertiary/aromatic N) is 1. The second-order valence-electron chi connectivity index (χ2n) is 5.51. The molecule has 0 fully saturated rings. The highest BCUT2D eigenvalue weighted by atomic mass is 16.5.